The highest BCUT2D eigenvalue weighted by molar-refractivity contribution is 7.92. The van der Waals surface area contributed by atoms with Crippen molar-refractivity contribution in [2.45, 2.75) is 30.8 Å². The van der Waals surface area contributed by atoms with Crippen molar-refractivity contribution in [3.8, 4) is 0 Å². The van der Waals surface area contributed by atoms with Gasteiger partial charge >= 0.3 is 0 Å². The smallest absolute Gasteiger partial charge is 0.261 e. The Morgan fingerprint density at radius 3 is 2.28 bits per heavy atom. The van der Waals surface area contributed by atoms with Crippen LogP contribution in [-0.2, 0) is 23.1 Å². The highest BCUT2D eigenvalue weighted by Crippen LogP contribution is 2.18. The zero-order chi connectivity index (χ0) is 22.4. The van der Waals surface area contributed by atoms with Crippen LogP contribution in [0.2, 0.25) is 0 Å². The molecular weight excluding hydrogens is 422 g/mol. The van der Waals surface area contributed by atoms with E-state index in [-0.39, 0.29) is 10.8 Å². The number of benzene rings is 3. The first kappa shape index (κ1) is 22.0. The molecule has 0 atom stereocenters. The Morgan fingerprint density at radius 1 is 0.844 bits per heavy atom. The van der Waals surface area contributed by atoms with Crippen LogP contribution in [0.25, 0.3) is 0 Å². The first-order valence-electron chi connectivity index (χ1n) is 10.8. The van der Waals surface area contributed by atoms with Crippen molar-refractivity contribution in [2.75, 3.05) is 17.8 Å². The van der Waals surface area contributed by atoms with Crippen LogP contribution >= 0.6 is 0 Å². The summed E-state index contributed by atoms with van der Waals surface area (Å²) >= 11 is 0. The van der Waals surface area contributed by atoms with E-state index in [9.17, 15) is 13.2 Å². The second-order valence-electron chi connectivity index (χ2n) is 7.93. The molecule has 1 aliphatic heterocycles. The summed E-state index contributed by atoms with van der Waals surface area (Å²) in [6, 6.07) is 22.8. The summed E-state index contributed by atoms with van der Waals surface area (Å²) in [5.74, 6) is -0.248. The Kier molecular flexibility index (Phi) is 6.87. The average molecular weight is 450 g/mol. The van der Waals surface area contributed by atoms with Crippen molar-refractivity contribution >= 4 is 21.6 Å². The summed E-state index contributed by atoms with van der Waals surface area (Å²) in [6.45, 7) is 3.55. The number of amides is 1. The molecule has 0 radical (unpaired) electrons. The Morgan fingerprint density at radius 2 is 1.53 bits per heavy atom. The average Bonchev–Trinajstić information content (AvgIpc) is 3.32. The summed E-state index contributed by atoms with van der Waals surface area (Å²) in [4.78, 5) is 15.4. The number of hydrogen-bond donors (Lipinski definition) is 2. The maximum Gasteiger partial charge on any atom is 0.261 e. The Balaban J connectivity index is 1.42. The normalized spacial score (nSPS) is 14.2. The second kappa shape index (κ2) is 9.97. The molecule has 1 saturated heterocycles. The Bertz CT molecular complexity index is 1170. The summed E-state index contributed by atoms with van der Waals surface area (Å²) in [5, 5.41) is 2.97. The molecule has 1 aliphatic rings. The van der Waals surface area contributed by atoms with Gasteiger partial charge in [-0.3, -0.25) is 14.4 Å². The van der Waals surface area contributed by atoms with Gasteiger partial charge in [-0.2, -0.15) is 0 Å². The molecule has 1 fully saturated rings. The van der Waals surface area contributed by atoms with E-state index in [1.54, 1.807) is 42.5 Å². The maximum absolute atomic E-state index is 12.8. The highest BCUT2D eigenvalue weighted by atomic mass is 32.2. The number of hydrogen-bond acceptors (Lipinski definition) is 4. The third kappa shape index (κ3) is 5.55. The first-order valence-corrected chi connectivity index (χ1v) is 12.2. The van der Waals surface area contributed by atoms with Gasteiger partial charge < -0.3 is 5.32 Å². The molecule has 4 rings (SSSR count). The van der Waals surface area contributed by atoms with Crippen LogP contribution < -0.4 is 10.0 Å². The third-order valence-electron chi connectivity index (χ3n) is 5.58. The van der Waals surface area contributed by atoms with Gasteiger partial charge in [0.1, 0.15) is 0 Å². The van der Waals surface area contributed by atoms with Gasteiger partial charge in [-0.15, -0.1) is 0 Å². The Labute approximate surface area is 189 Å². The molecule has 3 aromatic rings. The van der Waals surface area contributed by atoms with Crippen molar-refractivity contribution in [3.05, 3.63) is 95.6 Å². The lowest BCUT2D eigenvalue weighted by Crippen LogP contribution is -2.25. The van der Waals surface area contributed by atoms with Crippen molar-refractivity contribution in [1.82, 2.24) is 10.2 Å². The molecule has 7 heteroatoms. The van der Waals surface area contributed by atoms with Crippen LogP contribution in [0.15, 0.2) is 83.8 Å². The zero-order valence-corrected chi connectivity index (χ0v) is 18.6. The standard InChI is InChI=1S/C25H27N3O3S/c29-25(26-18-21-9-4-5-10-22(21)19-28-15-6-7-16-28)20-11-8-12-23(17-20)27-32(30,31)24-13-2-1-3-14-24/h1-5,8-14,17,27H,6-7,15-16,18-19H2,(H,26,29). The van der Waals surface area contributed by atoms with Crippen molar-refractivity contribution in [1.29, 1.82) is 0 Å². The number of likely N-dealkylation sites (tertiary alicyclic amines) is 1. The monoisotopic (exact) mass is 449 g/mol. The topological polar surface area (TPSA) is 78.5 Å². The van der Waals surface area contributed by atoms with Crippen LogP contribution in [0.5, 0.6) is 0 Å². The summed E-state index contributed by atoms with van der Waals surface area (Å²) in [7, 11) is -3.71. The fraction of sp³-hybridized carbons (Fsp3) is 0.240. The van der Waals surface area contributed by atoms with Crippen molar-refractivity contribution < 1.29 is 13.2 Å². The lowest BCUT2D eigenvalue weighted by molar-refractivity contribution is 0.0950. The SMILES string of the molecule is O=C(NCc1ccccc1CN1CCCC1)c1cccc(NS(=O)(=O)c2ccccc2)c1. The molecule has 0 spiro atoms. The molecule has 3 aromatic carbocycles. The number of rotatable bonds is 8. The van der Waals surface area contributed by atoms with Gasteiger partial charge in [0.2, 0.25) is 0 Å². The zero-order valence-electron chi connectivity index (χ0n) is 17.8. The van der Waals surface area contributed by atoms with Crippen LogP contribution in [0.1, 0.15) is 34.3 Å². The predicted octanol–water partition coefficient (Wildman–Crippen LogP) is 4.01. The van der Waals surface area contributed by atoms with E-state index in [1.165, 1.54) is 30.5 Å². The van der Waals surface area contributed by atoms with Gasteiger partial charge in [-0.05, 0) is 67.4 Å². The van der Waals surface area contributed by atoms with E-state index >= 15 is 0 Å². The van der Waals surface area contributed by atoms with Crippen LogP contribution in [-0.4, -0.2) is 32.3 Å². The minimum absolute atomic E-state index is 0.171. The molecule has 2 N–H and O–H groups in total. The molecule has 0 aromatic heterocycles. The lowest BCUT2D eigenvalue weighted by Gasteiger charge is -2.18. The van der Waals surface area contributed by atoms with E-state index in [2.05, 4.69) is 21.0 Å². The van der Waals surface area contributed by atoms with E-state index in [0.29, 0.717) is 17.8 Å². The second-order valence-corrected chi connectivity index (χ2v) is 9.62. The first-order chi connectivity index (χ1) is 15.5. The lowest BCUT2D eigenvalue weighted by atomic mass is 10.1. The minimum Gasteiger partial charge on any atom is -0.348 e. The molecule has 0 aliphatic carbocycles. The fourth-order valence-corrected chi connectivity index (χ4v) is 4.95. The van der Waals surface area contributed by atoms with Crippen LogP contribution in [0, 0.1) is 0 Å². The fourth-order valence-electron chi connectivity index (χ4n) is 3.88. The van der Waals surface area contributed by atoms with Crippen LogP contribution in [0.3, 0.4) is 0 Å². The Hall–Kier alpha value is -3.16. The number of carbonyl (C=O) groups is 1. The molecule has 1 heterocycles. The van der Waals surface area contributed by atoms with Crippen LogP contribution in [0.4, 0.5) is 5.69 Å². The van der Waals surface area contributed by atoms with E-state index in [4.69, 9.17) is 0 Å². The highest BCUT2D eigenvalue weighted by Gasteiger charge is 2.16. The number of anilines is 1. The molecule has 0 saturated carbocycles. The molecule has 0 unspecified atom stereocenters. The van der Waals surface area contributed by atoms with E-state index < -0.39 is 10.0 Å². The van der Waals surface area contributed by atoms with Gasteiger partial charge in [0.15, 0.2) is 0 Å². The van der Waals surface area contributed by atoms with Gasteiger partial charge in [-0.1, -0.05) is 48.5 Å². The van der Waals surface area contributed by atoms with Gasteiger partial charge in [0.05, 0.1) is 4.90 Å². The summed E-state index contributed by atoms with van der Waals surface area (Å²) in [6.07, 6.45) is 2.48. The molecule has 166 valence electrons. The number of nitrogens with one attached hydrogen (secondary N) is 2. The van der Waals surface area contributed by atoms with E-state index in [1.807, 2.05) is 18.2 Å². The van der Waals surface area contributed by atoms with Crippen molar-refractivity contribution in [3.63, 3.8) is 0 Å². The molecule has 32 heavy (non-hydrogen) atoms. The largest absolute Gasteiger partial charge is 0.348 e. The van der Waals surface area contributed by atoms with Gasteiger partial charge in [0, 0.05) is 24.3 Å². The number of nitrogens with zero attached hydrogens (tertiary/aromatic N) is 1. The maximum atomic E-state index is 12.8. The quantitative estimate of drug-likeness (QED) is 0.545. The number of sulfonamides is 1. The van der Waals surface area contributed by atoms with Gasteiger partial charge in [0.25, 0.3) is 15.9 Å². The predicted molar refractivity (Wildman–Crippen MR) is 126 cm³/mol. The molecule has 6 nitrogen and oxygen atoms in total. The summed E-state index contributed by atoms with van der Waals surface area (Å²) < 4.78 is 27.7. The summed E-state index contributed by atoms with van der Waals surface area (Å²) in [5.41, 5.74) is 3.05. The molecular formula is C25H27N3O3S. The van der Waals surface area contributed by atoms with E-state index in [0.717, 1.165) is 25.2 Å². The third-order valence-corrected chi connectivity index (χ3v) is 6.98. The molecule has 0 bridgehead atoms. The minimum atomic E-state index is -3.71. The van der Waals surface area contributed by atoms with Gasteiger partial charge in [-0.25, -0.2) is 8.42 Å². The number of carbonyl (C=O) groups excluding carboxylic acids is 1. The molecule has 1 amide bonds. The van der Waals surface area contributed by atoms with Crippen molar-refractivity contribution in [2.24, 2.45) is 0 Å².